The number of anilines is 2. The van der Waals surface area contributed by atoms with E-state index in [4.69, 9.17) is 4.74 Å². The predicted molar refractivity (Wildman–Crippen MR) is 126 cm³/mol. The third-order valence-corrected chi connectivity index (χ3v) is 7.43. The molecular weight excluding hydrogens is 440 g/mol. The molecule has 1 fully saturated rings. The lowest BCUT2D eigenvalue weighted by molar-refractivity contribution is -0.122. The van der Waals surface area contributed by atoms with Gasteiger partial charge >= 0.3 is 0 Å². The van der Waals surface area contributed by atoms with E-state index in [-0.39, 0.29) is 24.3 Å². The Hall–Kier alpha value is -3.30. The highest BCUT2D eigenvalue weighted by Crippen LogP contribution is 2.44. The average Bonchev–Trinajstić information content (AvgIpc) is 3.38. The van der Waals surface area contributed by atoms with Crippen molar-refractivity contribution in [1.29, 1.82) is 0 Å². The number of benzene rings is 2. The summed E-state index contributed by atoms with van der Waals surface area (Å²) in [5.74, 6) is -0.555. The van der Waals surface area contributed by atoms with Crippen LogP contribution in [0.3, 0.4) is 0 Å². The molecule has 1 saturated heterocycles. The number of methoxy groups -OCH3 is 1. The first-order valence-corrected chi connectivity index (χ1v) is 11.6. The fraction of sp³-hybridized carbons (Fsp3) is 0.333. The summed E-state index contributed by atoms with van der Waals surface area (Å²) in [7, 11) is 1.58. The van der Waals surface area contributed by atoms with E-state index in [0.717, 1.165) is 10.2 Å². The zero-order chi connectivity index (χ0) is 23.2. The topological polar surface area (TPSA) is 83.0 Å². The van der Waals surface area contributed by atoms with E-state index in [2.05, 4.69) is 4.98 Å². The summed E-state index contributed by atoms with van der Waals surface area (Å²) in [4.78, 5) is 49.3. The van der Waals surface area contributed by atoms with Crippen molar-refractivity contribution in [3.63, 3.8) is 0 Å². The van der Waals surface area contributed by atoms with Gasteiger partial charge in [-0.3, -0.25) is 24.2 Å². The van der Waals surface area contributed by atoms with Gasteiger partial charge in [0.1, 0.15) is 12.2 Å². The summed E-state index contributed by atoms with van der Waals surface area (Å²) >= 11 is 1.42. The van der Waals surface area contributed by atoms with E-state index in [9.17, 15) is 14.4 Å². The molecule has 3 aromatic rings. The molecule has 1 atom stereocenters. The molecule has 3 amide bonds. The van der Waals surface area contributed by atoms with E-state index in [0.29, 0.717) is 42.4 Å². The lowest BCUT2D eigenvalue weighted by Crippen LogP contribution is -2.64. The summed E-state index contributed by atoms with van der Waals surface area (Å²) < 4.78 is 6.21. The van der Waals surface area contributed by atoms with E-state index < -0.39 is 5.66 Å². The largest absolute Gasteiger partial charge is 0.383 e. The number of ether oxygens (including phenoxy) is 1. The summed E-state index contributed by atoms with van der Waals surface area (Å²) in [5, 5.41) is 0.563. The summed E-state index contributed by atoms with van der Waals surface area (Å²) in [5.41, 5.74) is 0.967. The molecule has 0 N–H and O–H groups in total. The first kappa shape index (κ1) is 21.5. The number of hydrogen-bond acceptors (Lipinski definition) is 6. The van der Waals surface area contributed by atoms with Crippen LogP contribution < -0.4 is 9.80 Å². The Morgan fingerprint density at radius 1 is 1.18 bits per heavy atom. The van der Waals surface area contributed by atoms with Gasteiger partial charge in [0.2, 0.25) is 11.8 Å². The molecule has 1 unspecified atom stereocenters. The molecule has 5 rings (SSSR count). The van der Waals surface area contributed by atoms with Crippen LogP contribution in [-0.2, 0) is 14.3 Å². The summed E-state index contributed by atoms with van der Waals surface area (Å²) in [6.45, 7) is 2.34. The maximum absolute atomic E-state index is 13.6. The summed E-state index contributed by atoms with van der Waals surface area (Å²) in [6, 6.07) is 14.8. The number of amides is 3. The second-order valence-electron chi connectivity index (χ2n) is 8.36. The van der Waals surface area contributed by atoms with Crippen LogP contribution in [0.4, 0.5) is 10.8 Å². The molecule has 8 nitrogen and oxygen atoms in total. The fourth-order valence-corrected chi connectivity index (χ4v) is 5.66. The van der Waals surface area contributed by atoms with E-state index in [1.807, 2.05) is 37.3 Å². The molecule has 33 heavy (non-hydrogen) atoms. The van der Waals surface area contributed by atoms with Crippen LogP contribution in [0.5, 0.6) is 0 Å². The van der Waals surface area contributed by atoms with Crippen LogP contribution in [0.15, 0.2) is 48.5 Å². The molecule has 0 saturated carbocycles. The highest BCUT2D eigenvalue weighted by molar-refractivity contribution is 7.22. The number of hydrogen-bond donors (Lipinski definition) is 0. The van der Waals surface area contributed by atoms with Gasteiger partial charge in [0.15, 0.2) is 5.13 Å². The first-order valence-electron chi connectivity index (χ1n) is 10.8. The third kappa shape index (κ3) is 3.48. The lowest BCUT2D eigenvalue weighted by atomic mass is 9.98. The van der Waals surface area contributed by atoms with Gasteiger partial charge < -0.3 is 9.64 Å². The minimum absolute atomic E-state index is 0.0442. The van der Waals surface area contributed by atoms with E-state index >= 15 is 0 Å². The molecule has 9 heteroatoms. The molecular formula is C24H24N4O4S. The molecule has 0 aliphatic carbocycles. The molecule has 2 aromatic carbocycles. The smallest absolute Gasteiger partial charge is 0.258 e. The average molecular weight is 465 g/mol. The zero-order valence-corrected chi connectivity index (χ0v) is 19.3. The van der Waals surface area contributed by atoms with Gasteiger partial charge in [-0.2, -0.15) is 0 Å². The van der Waals surface area contributed by atoms with Crippen molar-refractivity contribution in [2.24, 2.45) is 0 Å². The van der Waals surface area contributed by atoms with Crippen molar-refractivity contribution in [2.45, 2.75) is 25.4 Å². The SMILES string of the molecule is COCCN(C(=O)CN1C(=O)c2ccccc2N2C(=O)CCC12C)c1nc2ccccc2s1. The van der Waals surface area contributed by atoms with Crippen LogP contribution in [0.25, 0.3) is 10.2 Å². The highest BCUT2D eigenvalue weighted by Gasteiger charge is 2.53. The molecule has 170 valence electrons. The first-order chi connectivity index (χ1) is 15.9. The Balaban J connectivity index is 1.50. The van der Waals surface area contributed by atoms with Gasteiger partial charge in [-0.1, -0.05) is 35.6 Å². The Bertz CT molecular complexity index is 1220. The normalized spacial score (nSPS) is 19.7. The number of carbonyl (C=O) groups excluding carboxylic acids is 3. The van der Waals surface area contributed by atoms with Gasteiger partial charge in [-0.15, -0.1) is 0 Å². The van der Waals surface area contributed by atoms with Crippen molar-refractivity contribution in [3.8, 4) is 0 Å². The molecule has 3 heterocycles. The molecule has 2 aliphatic rings. The number of thiazole rings is 1. The van der Waals surface area contributed by atoms with Crippen molar-refractivity contribution < 1.29 is 19.1 Å². The maximum Gasteiger partial charge on any atom is 0.258 e. The molecule has 1 aromatic heterocycles. The number of rotatable bonds is 6. The van der Waals surface area contributed by atoms with Gasteiger partial charge in [0.25, 0.3) is 5.91 Å². The molecule has 0 radical (unpaired) electrons. The van der Waals surface area contributed by atoms with Crippen LogP contribution >= 0.6 is 11.3 Å². The number of para-hydroxylation sites is 2. The summed E-state index contributed by atoms with van der Waals surface area (Å²) in [6.07, 6.45) is 0.798. The van der Waals surface area contributed by atoms with Gasteiger partial charge in [-0.25, -0.2) is 4.98 Å². The Morgan fingerprint density at radius 2 is 1.94 bits per heavy atom. The third-order valence-electron chi connectivity index (χ3n) is 6.37. The second-order valence-corrected chi connectivity index (χ2v) is 9.37. The van der Waals surface area contributed by atoms with Gasteiger partial charge in [0.05, 0.1) is 34.6 Å². The molecule has 0 bridgehead atoms. The van der Waals surface area contributed by atoms with E-state index in [1.54, 1.807) is 35.1 Å². The second kappa shape index (κ2) is 8.24. The Labute approximate surface area is 195 Å². The Morgan fingerprint density at radius 3 is 2.73 bits per heavy atom. The number of carbonyl (C=O) groups is 3. The van der Waals surface area contributed by atoms with Crippen molar-refractivity contribution in [3.05, 3.63) is 54.1 Å². The van der Waals surface area contributed by atoms with E-state index in [1.165, 1.54) is 16.2 Å². The number of aromatic nitrogens is 1. The monoisotopic (exact) mass is 464 g/mol. The van der Waals surface area contributed by atoms with Crippen molar-refractivity contribution >= 4 is 50.1 Å². The van der Waals surface area contributed by atoms with Gasteiger partial charge in [0, 0.05) is 13.5 Å². The molecule has 2 aliphatic heterocycles. The lowest BCUT2D eigenvalue weighted by Gasteiger charge is -2.48. The quantitative estimate of drug-likeness (QED) is 0.559. The number of nitrogens with zero attached hydrogens (tertiary/aromatic N) is 4. The van der Waals surface area contributed by atoms with Crippen LogP contribution in [0.1, 0.15) is 30.1 Å². The minimum atomic E-state index is -0.890. The predicted octanol–water partition coefficient (Wildman–Crippen LogP) is 3.27. The van der Waals surface area contributed by atoms with Crippen LogP contribution in [-0.4, -0.2) is 60.1 Å². The minimum Gasteiger partial charge on any atom is -0.383 e. The van der Waals surface area contributed by atoms with Gasteiger partial charge in [-0.05, 0) is 37.6 Å². The molecule has 0 spiro atoms. The van der Waals surface area contributed by atoms with Crippen molar-refractivity contribution in [1.82, 2.24) is 9.88 Å². The van der Waals surface area contributed by atoms with Crippen LogP contribution in [0.2, 0.25) is 0 Å². The Kier molecular flexibility index (Phi) is 5.38. The zero-order valence-electron chi connectivity index (χ0n) is 18.5. The fourth-order valence-electron chi connectivity index (χ4n) is 4.65. The van der Waals surface area contributed by atoms with Crippen molar-refractivity contribution in [2.75, 3.05) is 36.6 Å². The van der Waals surface area contributed by atoms with Crippen LogP contribution in [0, 0.1) is 0 Å². The number of fused-ring (bicyclic) bond motifs is 4. The standard InChI is InChI=1S/C24H24N4O4S/c1-24-12-11-20(29)28(24)18-9-5-3-7-16(18)22(31)27(24)15-21(30)26(13-14-32-2)23-25-17-8-4-6-10-19(17)33-23/h3-10H,11-15H2,1-2H3. The highest BCUT2D eigenvalue weighted by atomic mass is 32.1. The maximum atomic E-state index is 13.6.